The standard InChI is InChI=1S/C11H20O4/c1-7(2)10(8(3)4)15-11(13)9(5)14-6-12/h6-10H,1-5H3. The number of rotatable bonds is 6. The van der Waals surface area contributed by atoms with Crippen molar-refractivity contribution in [1.82, 2.24) is 0 Å². The minimum absolute atomic E-state index is 0.143. The van der Waals surface area contributed by atoms with E-state index in [9.17, 15) is 9.59 Å². The molecule has 0 bridgehead atoms. The molecule has 4 nitrogen and oxygen atoms in total. The molecule has 1 atom stereocenters. The predicted octanol–water partition coefficient (Wildman–Crippen LogP) is 1.77. The van der Waals surface area contributed by atoms with Crippen LogP contribution < -0.4 is 0 Å². The smallest absolute Gasteiger partial charge is 0.347 e. The van der Waals surface area contributed by atoms with Gasteiger partial charge in [0.05, 0.1) is 0 Å². The number of ether oxygens (including phenoxy) is 2. The molecule has 0 aliphatic carbocycles. The second kappa shape index (κ2) is 6.43. The highest BCUT2D eigenvalue weighted by Crippen LogP contribution is 2.17. The van der Waals surface area contributed by atoms with Crippen LogP contribution in [0.2, 0.25) is 0 Å². The molecule has 0 fully saturated rings. The van der Waals surface area contributed by atoms with Gasteiger partial charge in [-0.15, -0.1) is 0 Å². The fraction of sp³-hybridized carbons (Fsp3) is 0.818. The summed E-state index contributed by atoms with van der Waals surface area (Å²) in [5.41, 5.74) is 0. The molecule has 0 saturated heterocycles. The van der Waals surface area contributed by atoms with E-state index in [0.717, 1.165) is 0 Å². The summed E-state index contributed by atoms with van der Waals surface area (Å²) in [5, 5.41) is 0. The summed E-state index contributed by atoms with van der Waals surface area (Å²) in [6, 6.07) is 0. The average Bonchev–Trinajstić information content (AvgIpc) is 2.12. The van der Waals surface area contributed by atoms with Crippen LogP contribution in [0.15, 0.2) is 0 Å². The normalized spacial score (nSPS) is 13.1. The van der Waals surface area contributed by atoms with E-state index in [1.807, 2.05) is 27.7 Å². The molecular formula is C11H20O4. The Kier molecular flexibility index (Phi) is 5.97. The van der Waals surface area contributed by atoms with Crippen molar-refractivity contribution in [2.45, 2.75) is 46.8 Å². The van der Waals surface area contributed by atoms with Gasteiger partial charge < -0.3 is 9.47 Å². The SMILES string of the molecule is CC(OC=O)C(=O)OC(C(C)C)C(C)C. The molecule has 0 aromatic rings. The number of carbonyl (C=O) groups excluding carboxylic acids is 2. The van der Waals surface area contributed by atoms with Crippen LogP contribution >= 0.6 is 0 Å². The van der Waals surface area contributed by atoms with Gasteiger partial charge in [-0.1, -0.05) is 27.7 Å². The van der Waals surface area contributed by atoms with Crippen molar-refractivity contribution in [3.63, 3.8) is 0 Å². The zero-order chi connectivity index (χ0) is 12.0. The third-order valence-corrected chi connectivity index (χ3v) is 2.16. The van der Waals surface area contributed by atoms with Gasteiger partial charge in [0.15, 0.2) is 6.10 Å². The first-order chi connectivity index (χ1) is 6.90. The lowest BCUT2D eigenvalue weighted by atomic mass is 9.96. The lowest BCUT2D eigenvalue weighted by Gasteiger charge is -2.25. The van der Waals surface area contributed by atoms with Gasteiger partial charge in [-0.2, -0.15) is 0 Å². The second-order valence-electron chi connectivity index (χ2n) is 4.26. The largest absolute Gasteiger partial charge is 0.459 e. The van der Waals surface area contributed by atoms with Gasteiger partial charge in [0, 0.05) is 0 Å². The van der Waals surface area contributed by atoms with Crippen molar-refractivity contribution in [2.75, 3.05) is 0 Å². The van der Waals surface area contributed by atoms with Crippen LogP contribution in [0.5, 0.6) is 0 Å². The number of carbonyl (C=O) groups is 2. The van der Waals surface area contributed by atoms with Gasteiger partial charge in [0.25, 0.3) is 6.47 Å². The van der Waals surface area contributed by atoms with E-state index in [-0.39, 0.29) is 24.4 Å². The maximum atomic E-state index is 11.4. The minimum atomic E-state index is -0.831. The third kappa shape index (κ3) is 4.81. The Morgan fingerprint density at radius 3 is 1.87 bits per heavy atom. The molecule has 15 heavy (non-hydrogen) atoms. The van der Waals surface area contributed by atoms with Crippen molar-refractivity contribution in [1.29, 1.82) is 0 Å². The molecule has 0 aromatic carbocycles. The molecule has 88 valence electrons. The Balaban J connectivity index is 4.28. The van der Waals surface area contributed by atoms with E-state index in [0.29, 0.717) is 0 Å². The first kappa shape index (κ1) is 13.9. The van der Waals surface area contributed by atoms with Crippen LogP contribution in [0, 0.1) is 11.8 Å². The minimum Gasteiger partial charge on any atom is -0.459 e. The van der Waals surface area contributed by atoms with Crippen LogP contribution in [0.25, 0.3) is 0 Å². The summed E-state index contributed by atoms with van der Waals surface area (Å²) in [4.78, 5) is 21.5. The molecule has 0 radical (unpaired) electrons. The summed E-state index contributed by atoms with van der Waals surface area (Å²) in [6.45, 7) is 9.71. The first-order valence-corrected chi connectivity index (χ1v) is 5.19. The highest BCUT2D eigenvalue weighted by Gasteiger charge is 2.25. The highest BCUT2D eigenvalue weighted by molar-refractivity contribution is 5.75. The lowest BCUT2D eigenvalue weighted by Crippen LogP contribution is -2.33. The Bertz CT molecular complexity index is 203. The summed E-state index contributed by atoms with van der Waals surface area (Å²) < 4.78 is 9.77. The molecule has 0 heterocycles. The van der Waals surface area contributed by atoms with Gasteiger partial charge in [-0.05, 0) is 18.8 Å². The highest BCUT2D eigenvalue weighted by atomic mass is 16.6. The van der Waals surface area contributed by atoms with Gasteiger partial charge in [0.2, 0.25) is 0 Å². The van der Waals surface area contributed by atoms with Crippen molar-refractivity contribution < 1.29 is 19.1 Å². The second-order valence-corrected chi connectivity index (χ2v) is 4.26. The molecule has 0 spiro atoms. The quantitative estimate of drug-likeness (QED) is 0.501. The number of esters is 1. The average molecular weight is 216 g/mol. The summed E-state index contributed by atoms with van der Waals surface area (Å²) in [6.07, 6.45) is -0.974. The fourth-order valence-electron chi connectivity index (χ4n) is 1.41. The molecule has 0 aliphatic heterocycles. The van der Waals surface area contributed by atoms with Crippen molar-refractivity contribution >= 4 is 12.4 Å². The van der Waals surface area contributed by atoms with E-state index in [1.54, 1.807) is 0 Å². The molecule has 0 amide bonds. The molecular weight excluding hydrogens is 196 g/mol. The van der Waals surface area contributed by atoms with E-state index < -0.39 is 12.1 Å². The molecule has 0 rings (SSSR count). The van der Waals surface area contributed by atoms with Gasteiger partial charge in [-0.3, -0.25) is 4.79 Å². The van der Waals surface area contributed by atoms with Crippen LogP contribution in [0.1, 0.15) is 34.6 Å². The zero-order valence-electron chi connectivity index (χ0n) is 10.0. The van der Waals surface area contributed by atoms with Crippen LogP contribution in [0.3, 0.4) is 0 Å². The monoisotopic (exact) mass is 216 g/mol. The van der Waals surface area contributed by atoms with Crippen molar-refractivity contribution in [3.05, 3.63) is 0 Å². The third-order valence-electron chi connectivity index (χ3n) is 2.16. The molecule has 4 heteroatoms. The van der Waals surface area contributed by atoms with Gasteiger partial charge in [-0.25, -0.2) is 4.79 Å². The molecule has 0 N–H and O–H groups in total. The fourth-order valence-corrected chi connectivity index (χ4v) is 1.41. The zero-order valence-corrected chi connectivity index (χ0v) is 10.0. The molecule has 0 aromatic heterocycles. The summed E-state index contributed by atoms with van der Waals surface area (Å²) >= 11 is 0. The lowest BCUT2D eigenvalue weighted by molar-refractivity contribution is -0.168. The number of hydrogen-bond donors (Lipinski definition) is 0. The predicted molar refractivity (Wildman–Crippen MR) is 56.2 cm³/mol. The Labute approximate surface area is 90.9 Å². The maximum absolute atomic E-state index is 11.4. The summed E-state index contributed by atoms with van der Waals surface area (Å²) in [7, 11) is 0. The van der Waals surface area contributed by atoms with Crippen LogP contribution in [-0.4, -0.2) is 24.6 Å². The van der Waals surface area contributed by atoms with Crippen LogP contribution in [0.4, 0.5) is 0 Å². The Morgan fingerprint density at radius 1 is 1.07 bits per heavy atom. The van der Waals surface area contributed by atoms with E-state index in [1.165, 1.54) is 6.92 Å². The van der Waals surface area contributed by atoms with Crippen LogP contribution in [-0.2, 0) is 19.1 Å². The maximum Gasteiger partial charge on any atom is 0.347 e. The molecule has 0 aliphatic rings. The van der Waals surface area contributed by atoms with E-state index in [4.69, 9.17) is 4.74 Å². The molecule has 1 unspecified atom stereocenters. The summed E-state index contributed by atoms with van der Waals surface area (Å²) in [5.74, 6) is 0.00395. The number of hydrogen-bond acceptors (Lipinski definition) is 4. The van der Waals surface area contributed by atoms with Crippen molar-refractivity contribution in [3.8, 4) is 0 Å². The van der Waals surface area contributed by atoms with Gasteiger partial charge >= 0.3 is 5.97 Å². The van der Waals surface area contributed by atoms with Gasteiger partial charge in [0.1, 0.15) is 6.10 Å². The Morgan fingerprint density at radius 2 is 1.53 bits per heavy atom. The topological polar surface area (TPSA) is 52.6 Å². The molecule has 0 saturated carbocycles. The van der Waals surface area contributed by atoms with E-state index >= 15 is 0 Å². The van der Waals surface area contributed by atoms with Crippen molar-refractivity contribution in [2.24, 2.45) is 11.8 Å². The first-order valence-electron chi connectivity index (χ1n) is 5.19. The Hall–Kier alpha value is -1.06. The van der Waals surface area contributed by atoms with E-state index in [2.05, 4.69) is 4.74 Å².